The normalized spacial score (nSPS) is 9.76. The van der Waals surface area contributed by atoms with Gasteiger partial charge in [-0.25, -0.2) is 0 Å². The summed E-state index contributed by atoms with van der Waals surface area (Å²) < 4.78 is 18.6. The molecule has 0 saturated heterocycles. The van der Waals surface area contributed by atoms with Gasteiger partial charge in [-0.1, -0.05) is 0 Å². The summed E-state index contributed by atoms with van der Waals surface area (Å²) in [5.74, 6) is -12.8. The Morgan fingerprint density at radius 3 is 0.495 bits per heavy atom. The van der Waals surface area contributed by atoms with E-state index in [1.165, 1.54) is 6.92 Å². The van der Waals surface area contributed by atoms with Gasteiger partial charge < -0.3 is 152 Å². The summed E-state index contributed by atoms with van der Waals surface area (Å²) in [6.45, 7) is 7.12. The van der Waals surface area contributed by atoms with Gasteiger partial charge in [-0.2, -0.15) is 0 Å². The molecule has 0 amide bonds. The molecule has 0 aromatic carbocycles. The minimum atomic E-state index is -2.54. The Balaban J connectivity index is -0.0000000920. The van der Waals surface area contributed by atoms with Crippen molar-refractivity contribution in [2.24, 2.45) is 16.2 Å². The summed E-state index contributed by atoms with van der Waals surface area (Å²) in [4.78, 5) is 142. The highest BCUT2D eigenvalue weighted by atomic mass is 16.5. The molecule has 0 aliphatic carbocycles. The van der Waals surface area contributed by atoms with Crippen molar-refractivity contribution in [2.75, 3.05) is 99.1 Å². The largest absolute Gasteiger partial charge is 0.481 e. The van der Waals surface area contributed by atoms with Crippen LogP contribution in [0.3, 0.4) is 0 Å². The third-order valence-corrected chi connectivity index (χ3v) is 10.9. The Morgan fingerprint density at radius 2 is 0.383 bits per heavy atom. The highest BCUT2D eigenvalue weighted by Gasteiger charge is 2.78. The summed E-state index contributed by atoms with van der Waals surface area (Å²) in [6.07, 6.45) is -5.45. The maximum Gasteiger partial charge on any atom is 0.313 e. The number of rotatable bonds is 34. The smallest absolute Gasteiger partial charge is 0.313 e. The van der Waals surface area contributed by atoms with Gasteiger partial charge in [0.05, 0.1) is 55.3 Å². The zero-order chi connectivity index (χ0) is 89.2. The number of aliphatic carboxylic acids is 14. The third-order valence-electron chi connectivity index (χ3n) is 10.9. The van der Waals surface area contributed by atoms with Gasteiger partial charge in [0.1, 0.15) is 0 Å². The molecule has 0 atom stereocenters. The fourth-order valence-electron chi connectivity index (χ4n) is 9.26. The first-order valence-corrected chi connectivity index (χ1v) is 30.9. The first-order chi connectivity index (χ1) is 48.7. The molecule has 0 rings (SSSR count). The minimum Gasteiger partial charge on any atom is -0.481 e. The number of carbonyl (C=O) groups is 15. The van der Waals surface area contributed by atoms with Crippen molar-refractivity contribution in [1.29, 1.82) is 0 Å². The van der Waals surface area contributed by atoms with E-state index in [0.717, 1.165) is 96.9 Å². The molecule has 45 nitrogen and oxygen atoms in total. The topological polar surface area (TPSA) is 830 Å². The second kappa shape index (κ2) is 88.1. The first-order valence-electron chi connectivity index (χ1n) is 30.9. The third kappa shape index (κ3) is 104. The van der Waals surface area contributed by atoms with Crippen LogP contribution in [0.25, 0.3) is 0 Å². The average molecular weight is 1590 g/mol. The highest BCUT2D eigenvalue weighted by molar-refractivity contribution is 5.81. The monoisotopic (exact) mass is 1590 g/mol. The van der Waals surface area contributed by atoms with Crippen LogP contribution in [-0.4, -0.2) is 343 Å². The lowest BCUT2D eigenvalue weighted by Crippen LogP contribution is -2.75. The number of carboxylic acid groups (broad SMARTS) is 14. The van der Waals surface area contributed by atoms with E-state index in [-0.39, 0.29) is 6.61 Å². The SMILES string of the molecule is CC(=O)O.CC(=O)O.CC(=O)O.CC(=O)O.CC(=O)O.CC(=O)O.CC(=O)O.CC(=O)O.CC(=O)O.CC(=O)O.CC(=O)O.CC(=O)O.CC(=O)O.CC(=O)O.CCOC(=O)C(CC(O)(CCO)CCO)(C(CCO)(CCO)C(CCO)(CCO)OCCO)C(CCO)(CCO)C(CCO)(CCO)OCCO. The molecular formula is C62H124O45. The van der Waals surface area contributed by atoms with Gasteiger partial charge in [0, 0.05) is 200 Å². The summed E-state index contributed by atoms with van der Waals surface area (Å²) in [5.41, 5.74) is -13.0. The van der Waals surface area contributed by atoms with Gasteiger partial charge in [-0.3, -0.25) is 71.9 Å². The molecular weight excluding hydrogens is 1460 g/mol. The maximum absolute atomic E-state index is 15.6. The summed E-state index contributed by atoms with van der Waals surface area (Å²) in [6, 6.07) is 0. The summed E-state index contributed by atoms with van der Waals surface area (Å²) in [7, 11) is 0. The lowest BCUT2D eigenvalue weighted by Gasteiger charge is -2.69. The van der Waals surface area contributed by atoms with Gasteiger partial charge in [0.2, 0.25) is 0 Å². The van der Waals surface area contributed by atoms with Crippen LogP contribution < -0.4 is 0 Å². The van der Waals surface area contributed by atoms with E-state index in [0.29, 0.717) is 0 Å². The van der Waals surface area contributed by atoms with Gasteiger partial charge in [0.25, 0.3) is 83.6 Å². The van der Waals surface area contributed by atoms with E-state index in [2.05, 4.69) is 0 Å². The molecule has 107 heavy (non-hydrogen) atoms. The van der Waals surface area contributed by atoms with E-state index < -0.39 is 286 Å². The molecule has 0 heterocycles. The van der Waals surface area contributed by atoms with E-state index in [4.69, 9.17) is 153 Å². The standard InChI is InChI=1S/C34H68O17.14C2H4O2/c1-2-49-28(47)34(27-29(48,3-13-35)4-14-36,30(5-15-37,6-16-38)32(9-19-41,10-20-42)50-25-23-45)31(7-17-39,8-18-40)33(11-21-43,12-22-44)51-26-24-46;14*1-2(3)4/h35-46,48H,2-27H2,1H3;14*1H3,(H,3,4). The second-order valence-corrected chi connectivity index (χ2v) is 20.3. The van der Waals surface area contributed by atoms with Crippen LogP contribution >= 0.6 is 0 Å². The Kier molecular flexibility index (Phi) is 111. The molecule has 0 radical (unpaired) electrons. The Morgan fingerprint density at radius 1 is 0.243 bits per heavy atom. The van der Waals surface area contributed by atoms with E-state index in [1.54, 1.807) is 0 Å². The van der Waals surface area contributed by atoms with Gasteiger partial charge in [-0.15, -0.1) is 0 Å². The van der Waals surface area contributed by atoms with E-state index in [9.17, 15) is 66.4 Å². The van der Waals surface area contributed by atoms with Gasteiger partial charge >= 0.3 is 5.97 Å². The fourth-order valence-corrected chi connectivity index (χ4v) is 9.26. The molecule has 0 spiro atoms. The minimum absolute atomic E-state index is 0.309. The molecule has 0 fully saturated rings. The van der Waals surface area contributed by atoms with Crippen LogP contribution in [0.2, 0.25) is 0 Å². The first kappa shape index (κ1) is 134. The van der Waals surface area contributed by atoms with Gasteiger partial charge in [-0.05, 0) is 51.9 Å². The van der Waals surface area contributed by atoms with Crippen LogP contribution in [0.15, 0.2) is 0 Å². The lowest BCUT2D eigenvalue weighted by molar-refractivity contribution is -0.308. The maximum atomic E-state index is 15.6. The van der Waals surface area contributed by atoms with Crippen molar-refractivity contribution in [1.82, 2.24) is 0 Å². The Hall–Kier alpha value is -8.55. The van der Waals surface area contributed by atoms with Crippen molar-refractivity contribution in [3.8, 4) is 0 Å². The van der Waals surface area contributed by atoms with Crippen LogP contribution in [0, 0.1) is 16.2 Å². The molecule has 642 valence electrons. The molecule has 0 aromatic heterocycles. The predicted molar refractivity (Wildman–Crippen MR) is 368 cm³/mol. The van der Waals surface area contributed by atoms with Crippen molar-refractivity contribution < 1.29 is 224 Å². The molecule has 0 bridgehead atoms. The predicted octanol–water partition coefficient (Wildman–Crippen LogP) is -1.78. The van der Waals surface area contributed by atoms with E-state index in [1.807, 2.05) is 0 Å². The quantitative estimate of drug-likeness (QED) is 0.0317. The molecule has 0 aliphatic heterocycles. The lowest BCUT2D eigenvalue weighted by atomic mass is 9.36. The zero-order valence-electron chi connectivity index (χ0n) is 63.3. The summed E-state index contributed by atoms with van der Waals surface area (Å²) >= 11 is 0. The van der Waals surface area contributed by atoms with Crippen molar-refractivity contribution in [3.63, 3.8) is 0 Å². The van der Waals surface area contributed by atoms with Crippen LogP contribution in [0.4, 0.5) is 0 Å². The van der Waals surface area contributed by atoms with Crippen molar-refractivity contribution in [3.05, 3.63) is 0 Å². The number of ether oxygens (including phenoxy) is 3. The number of carbonyl (C=O) groups excluding carboxylic acids is 1. The Labute approximate surface area is 618 Å². The molecule has 45 heteroatoms. The molecule has 0 unspecified atom stereocenters. The molecule has 0 saturated carbocycles. The fraction of sp³-hybridized carbons (Fsp3) is 0.758. The summed E-state index contributed by atoms with van der Waals surface area (Å²) in [5, 5.41) is 243. The molecule has 27 N–H and O–H groups in total. The van der Waals surface area contributed by atoms with Crippen LogP contribution in [-0.2, 0) is 86.1 Å². The van der Waals surface area contributed by atoms with Crippen molar-refractivity contribution >= 4 is 89.5 Å². The van der Waals surface area contributed by atoms with Gasteiger partial charge in [0.15, 0.2) is 0 Å². The van der Waals surface area contributed by atoms with Crippen molar-refractivity contribution in [2.45, 2.75) is 191 Å². The van der Waals surface area contributed by atoms with Crippen LogP contribution in [0.5, 0.6) is 0 Å². The average Bonchev–Trinajstić information content (AvgIpc) is 0.671. The molecule has 0 aliphatic rings. The van der Waals surface area contributed by atoms with Crippen LogP contribution in [0.1, 0.15) is 174 Å². The Bertz CT molecular complexity index is 1830. The number of aliphatic hydroxyl groups excluding tert-OH is 12. The second-order valence-electron chi connectivity index (χ2n) is 20.3. The number of carboxylic acids is 14. The highest BCUT2D eigenvalue weighted by Crippen LogP contribution is 2.72. The number of hydrogen-bond donors (Lipinski definition) is 27. The number of hydrogen-bond acceptors (Lipinski definition) is 31. The van der Waals surface area contributed by atoms with E-state index >= 15 is 4.79 Å². The number of aliphatic hydroxyl groups is 13. The number of esters is 1. The molecule has 0 aromatic rings. The zero-order valence-corrected chi connectivity index (χ0v) is 63.3.